The molecule has 0 spiro atoms. The van der Waals surface area contributed by atoms with Crippen LogP contribution in [-0.2, 0) is 6.42 Å². The summed E-state index contributed by atoms with van der Waals surface area (Å²) in [4.78, 5) is 8.33. The lowest BCUT2D eigenvalue weighted by molar-refractivity contribution is -0.148. The molecule has 0 bridgehead atoms. The van der Waals surface area contributed by atoms with E-state index in [-0.39, 0.29) is 12.2 Å². The predicted octanol–water partition coefficient (Wildman–Crippen LogP) is 3.78. The third-order valence-corrected chi connectivity index (χ3v) is 3.94. The highest BCUT2D eigenvalue weighted by molar-refractivity contribution is 5.73. The molecule has 0 aliphatic heterocycles. The third kappa shape index (κ3) is 2.69. The molecule has 0 unspecified atom stereocenters. The van der Waals surface area contributed by atoms with Crippen LogP contribution in [0.1, 0.15) is 35.5 Å². The lowest BCUT2D eigenvalue weighted by Crippen LogP contribution is -2.11. The van der Waals surface area contributed by atoms with Crippen LogP contribution in [0.15, 0.2) is 27.1 Å². The number of fused-ring (bicyclic) bond motifs is 1. The monoisotopic (exact) mass is 323 g/mol. The van der Waals surface area contributed by atoms with Crippen molar-refractivity contribution in [3.63, 3.8) is 0 Å². The number of rotatable bonds is 3. The van der Waals surface area contributed by atoms with E-state index in [1.165, 1.54) is 0 Å². The topological polar surface area (TPSA) is 65.0 Å². The molecular formula is C15H12F3N3O2. The lowest BCUT2D eigenvalue weighted by atomic mass is 10.1. The summed E-state index contributed by atoms with van der Waals surface area (Å²) in [6.45, 7) is 1.76. The van der Waals surface area contributed by atoms with Crippen LogP contribution in [0, 0.1) is 12.8 Å². The van der Waals surface area contributed by atoms with Gasteiger partial charge in [-0.15, -0.1) is 0 Å². The largest absolute Gasteiger partial charge is 0.441 e. The van der Waals surface area contributed by atoms with Crippen molar-refractivity contribution in [2.45, 2.75) is 31.9 Å². The van der Waals surface area contributed by atoms with Gasteiger partial charge in [-0.2, -0.15) is 18.2 Å². The molecule has 1 aliphatic rings. The lowest BCUT2D eigenvalue weighted by Gasteiger charge is -2.02. The van der Waals surface area contributed by atoms with Crippen LogP contribution < -0.4 is 0 Å². The van der Waals surface area contributed by atoms with E-state index in [4.69, 9.17) is 8.94 Å². The van der Waals surface area contributed by atoms with Crippen LogP contribution in [0.25, 0.3) is 11.1 Å². The van der Waals surface area contributed by atoms with E-state index in [1.54, 1.807) is 13.0 Å². The van der Waals surface area contributed by atoms with Crippen molar-refractivity contribution in [3.05, 3.63) is 41.4 Å². The Bertz CT molecular complexity index is 868. The Labute approximate surface area is 128 Å². The zero-order valence-electron chi connectivity index (χ0n) is 12.1. The fourth-order valence-electron chi connectivity index (χ4n) is 2.71. The molecule has 2 aromatic heterocycles. The second kappa shape index (κ2) is 4.81. The van der Waals surface area contributed by atoms with E-state index in [2.05, 4.69) is 15.1 Å². The number of benzene rings is 1. The third-order valence-electron chi connectivity index (χ3n) is 3.94. The van der Waals surface area contributed by atoms with Gasteiger partial charge in [-0.05, 0) is 24.1 Å². The number of aryl methyl sites for hydroxylation is 1. The van der Waals surface area contributed by atoms with E-state index in [0.29, 0.717) is 23.8 Å². The summed E-state index contributed by atoms with van der Waals surface area (Å²) in [5, 5.41) is 3.68. The second-order valence-electron chi connectivity index (χ2n) is 5.75. The molecule has 0 saturated heterocycles. The van der Waals surface area contributed by atoms with Crippen LogP contribution >= 0.6 is 0 Å². The molecule has 23 heavy (non-hydrogen) atoms. The van der Waals surface area contributed by atoms with Crippen molar-refractivity contribution >= 4 is 11.1 Å². The molecule has 5 nitrogen and oxygen atoms in total. The van der Waals surface area contributed by atoms with Gasteiger partial charge in [-0.1, -0.05) is 11.2 Å². The van der Waals surface area contributed by atoms with Gasteiger partial charge >= 0.3 is 6.18 Å². The Kier molecular flexibility index (Phi) is 2.97. The molecule has 3 aromatic rings. The van der Waals surface area contributed by atoms with E-state index < -0.39 is 18.0 Å². The van der Waals surface area contributed by atoms with E-state index in [0.717, 1.165) is 11.1 Å². The summed E-state index contributed by atoms with van der Waals surface area (Å²) in [5.41, 5.74) is 2.28. The molecule has 1 fully saturated rings. The minimum atomic E-state index is -4.19. The van der Waals surface area contributed by atoms with Crippen molar-refractivity contribution in [1.82, 2.24) is 15.1 Å². The first-order chi connectivity index (χ1) is 10.9. The number of halogens is 3. The van der Waals surface area contributed by atoms with Gasteiger partial charge in [0, 0.05) is 12.8 Å². The zero-order valence-corrected chi connectivity index (χ0v) is 12.1. The molecule has 0 amide bonds. The quantitative estimate of drug-likeness (QED) is 0.734. The van der Waals surface area contributed by atoms with Crippen LogP contribution in [0.3, 0.4) is 0 Å². The Balaban J connectivity index is 1.51. The highest BCUT2D eigenvalue weighted by atomic mass is 19.4. The average molecular weight is 323 g/mol. The second-order valence-corrected chi connectivity index (χ2v) is 5.75. The highest BCUT2D eigenvalue weighted by Crippen LogP contribution is 2.55. The van der Waals surface area contributed by atoms with Gasteiger partial charge in [-0.25, -0.2) is 4.98 Å². The number of oxazole rings is 1. The minimum absolute atomic E-state index is 0.0344. The number of hydrogen-bond acceptors (Lipinski definition) is 5. The van der Waals surface area contributed by atoms with Crippen molar-refractivity contribution in [2.75, 3.05) is 0 Å². The molecular weight excluding hydrogens is 311 g/mol. The first-order valence-corrected chi connectivity index (χ1v) is 7.15. The molecule has 0 radical (unpaired) electrons. The van der Waals surface area contributed by atoms with Gasteiger partial charge in [-0.3, -0.25) is 0 Å². The van der Waals surface area contributed by atoms with Crippen LogP contribution in [0.4, 0.5) is 13.2 Å². The van der Waals surface area contributed by atoms with Crippen molar-refractivity contribution < 1.29 is 22.1 Å². The van der Waals surface area contributed by atoms with Crippen molar-refractivity contribution in [3.8, 4) is 0 Å². The van der Waals surface area contributed by atoms with Crippen LogP contribution in [0.5, 0.6) is 0 Å². The zero-order chi connectivity index (χ0) is 16.2. The molecule has 1 aromatic carbocycles. The van der Waals surface area contributed by atoms with Gasteiger partial charge in [0.25, 0.3) is 0 Å². The summed E-state index contributed by atoms with van der Waals surface area (Å²) in [6.07, 6.45) is -3.81. The first-order valence-electron chi connectivity index (χ1n) is 7.15. The van der Waals surface area contributed by atoms with Gasteiger partial charge in [0.2, 0.25) is 5.89 Å². The maximum absolute atomic E-state index is 12.6. The normalized spacial score (nSPS) is 21.0. The summed E-state index contributed by atoms with van der Waals surface area (Å²) in [7, 11) is 0. The standard InChI is InChI=1S/C15H12F3N3O2/c1-7-19-11-4-8(2-3-12(11)22-7)5-13-20-14(21-23-13)9-6-10(9)15(16,17)18/h2-4,9-10H,5-6H2,1H3/t9-,10-/m1/s1. The van der Waals surface area contributed by atoms with E-state index in [1.807, 2.05) is 12.1 Å². The number of alkyl halides is 3. The number of aromatic nitrogens is 3. The SMILES string of the molecule is Cc1nc2cc(Cc3nc([C@@H]4C[C@H]4C(F)(F)F)no3)ccc2o1. The van der Waals surface area contributed by atoms with Crippen LogP contribution in [0.2, 0.25) is 0 Å². The Hall–Kier alpha value is -2.38. The fourth-order valence-corrected chi connectivity index (χ4v) is 2.71. The van der Waals surface area contributed by atoms with Crippen LogP contribution in [-0.4, -0.2) is 21.3 Å². The van der Waals surface area contributed by atoms with Gasteiger partial charge < -0.3 is 8.94 Å². The number of hydrogen-bond donors (Lipinski definition) is 0. The molecule has 1 saturated carbocycles. The molecule has 2 atom stereocenters. The number of nitrogens with zero attached hydrogens (tertiary/aromatic N) is 3. The maximum Gasteiger partial charge on any atom is 0.392 e. The molecule has 0 N–H and O–H groups in total. The first kappa shape index (κ1) is 14.2. The summed E-state index contributed by atoms with van der Waals surface area (Å²) in [6, 6.07) is 5.47. The molecule has 1 aliphatic carbocycles. The molecule has 120 valence electrons. The minimum Gasteiger partial charge on any atom is -0.441 e. The van der Waals surface area contributed by atoms with Gasteiger partial charge in [0.05, 0.1) is 12.3 Å². The predicted molar refractivity (Wildman–Crippen MR) is 72.8 cm³/mol. The van der Waals surface area contributed by atoms with E-state index >= 15 is 0 Å². The Morgan fingerprint density at radius 1 is 1.26 bits per heavy atom. The summed E-state index contributed by atoms with van der Waals surface area (Å²) >= 11 is 0. The molecule has 4 rings (SSSR count). The fraction of sp³-hybridized carbons (Fsp3) is 0.400. The smallest absolute Gasteiger partial charge is 0.392 e. The maximum atomic E-state index is 12.6. The summed E-state index contributed by atoms with van der Waals surface area (Å²) < 4.78 is 48.2. The Morgan fingerprint density at radius 2 is 2.09 bits per heavy atom. The van der Waals surface area contributed by atoms with Gasteiger partial charge in [0.15, 0.2) is 17.3 Å². The van der Waals surface area contributed by atoms with E-state index in [9.17, 15) is 13.2 Å². The highest BCUT2D eigenvalue weighted by Gasteiger charge is 2.58. The summed E-state index contributed by atoms with van der Waals surface area (Å²) in [5.74, 6) is -1.01. The molecule has 8 heteroatoms. The van der Waals surface area contributed by atoms with Crippen molar-refractivity contribution in [2.24, 2.45) is 5.92 Å². The average Bonchev–Trinajstić information content (AvgIpc) is 3.02. The van der Waals surface area contributed by atoms with Crippen molar-refractivity contribution in [1.29, 1.82) is 0 Å². The Morgan fingerprint density at radius 3 is 2.83 bits per heavy atom. The van der Waals surface area contributed by atoms with Gasteiger partial charge in [0.1, 0.15) is 5.52 Å². The molecule has 2 heterocycles.